The number of hydrogen-bond acceptors (Lipinski definition) is 5. The zero-order valence-electron chi connectivity index (χ0n) is 14.3. The third-order valence-corrected chi connectivity index (χ3v) is 4.84. The zero-order valence-corrected chi connectivity index (χ0v) is 16.5. The van der Waals surface area contributed by atoms with Gasteiger partial charge in [-0.1, -0.05) is 12.1 Å². The van der Waals surface area contributed by atoms with Crippen molar-refractivity contribution in [1.29, 1.82) is 0 Å². The van der Waals surface area contributed by atoms with Crippen molar-refractivity contribution < 1.29 is 14.6 Å². The number of nitrogens with zero attached hydrogens (tertiary/aromatic N) is 2. The van der Waals surface area contributed by atoms with E-state index in [9.17, 15) is 10.2 Å². The molecule has 0 spiro atoms. The lowest BCUT2D eigenvalue weighted by Gasteiger charge is -2.02. The van der Waals surface area contributed by atoms with Crippen molar-refractivity contribution in [2.24, 2.45) is 4.99 Å². The third kappa shape index (κ3) is 3.52. The molecule has 0 radical (unpaired) electrons. The summed E-state index contributed by atoms with van der Waals surface area (Å²) in [4.78, 5) is 8.92. The number of benzene rings is 3. The van der Waals surface area contributed by atoms with Gasteiger partial charge >= 0.3 is 0 Å². The number of aliphatic imine (C=N–C) groups is 1. The molecule has 0 aliphatic carbocycles. The van der Waals surface area contributed by atoms with E-state index in [-0.39, 0.29) is 11.5 Å². The lowest BCUT2D eigenvalue weighted by molar-refractivity contribution is 0.473. The molecular weight excluding hydrogens is 455 g/mol. The maximum Gasteiger partial charge on any atom is 0.231 e. The summed E-state index contributed by atoms with van der Waals surface area (Å²) in [6.45, 7) is 1.96. The highest BCUT2D eigenvalue weighted by Crippen LogP contribution is 2.34. The van der Waals surface area contributed by atoms with Crippen LogP contribution in [0.1, 0.15) is 11.1 Å². The second kappa shape index (κ2) is 7.03. The van der Waals surface area contributed by atoms with Crippen LogP contribution >= 0.6 is 22.6 Å². The number of halogens is 1. The minimum absolute atomic E-state index is 0.0651. The van der Waals surface area contributed by atoms with E-state index in [1.807, 2.05) is 37.3 Å². The predicted molar refractivity (Wildman–Crippen MR) is 114 cm³/mol. The second-order valence-corrected chi connectivity index (χ2v) is 7.35. The van der Waals surface area contributed by atoms with E-state index in [2.05, 4.69) is 32.6 Å². The normalized spacial score (nSPS) is 11.5. The van der Waals surface area contributed by atoms with Crippen molar-refractivity contribution in [2.45, 2.75) is 6.92 Å². The number of phenols is 2. The summed E-state index contributed by atoms with van der Waals surface area (Å²) >= 11 is 2.18. The van der Waals surface area contributed by atoms with Crippen LogP contribution in [0.3, 0.4) is 0 Å². The molecule has 0 amide bonds. The van der Waals surface area contributed by atoms with Crippen molar-refractivity contribution >= 4 is 45.6 Å². The van der Waals surface area contributed by atoms with Gasteiger partial charge in [-0.15, -0.1) is 0 Å². The highest BCUT2D eigenvalue weighted by Gasteiger charge is 2.14. The molecule has 1 aromatic heterocycles. The summed E-state index contributed by atoms with van der Waals surface area (Å²) in [7, 11) is 0. The van der Waals surface area contributed by atoms with Crippen molar-refractivity contribution in [1.82, 2.24) is 4.98 Å². The molecule has 3 aromatic carbocycles. The minimum atomic E-state index is 0.0651. The molecule has 0 saturated heterocycles. The Morgan fingerprint density at radius 2 is 1.85 bits per heavy atom. The Hall–Kier alpha value is -2.87. The number of para-hydroxylation sites is 1. The largest absolute Gasteiger partial charge is 0.507 e. The van der Waals surface area contributed by atoms with Gasteiger partial charge in [0.05, 0.1) is 11.3 Å². The second-order valence-electron chi connectivity index (χ2n) is 6.10. The smallest absolute Gasteiger partial charge is 0.231 e. The lowest BCUT2D eigenvalue weighted by Crippen LogP contribution is -1.84. The first-order valence-electron chi connectivity index (χ1n) is 8.23. The number of oxazole rings is 1. The van der Waals surface area contributed by atoms with Crippen LogP contribution in [0.2, 0.25) is 0 Å². The molecule has 0 bridgehead atoms. The van der Waals surface area contributed by atoms with Gasteiger partial charge < -0.3 is 14.6 Å². The van der Waals surface area contributed by atoms with Gasteiger partial charge in [-0.3, -0.25) is 4.99 Å². The molecule has 27 heavy (non-hydrogen) atoms. The molecule has 4 aromatic rings. The van der Waals surface area contributed by atoms with Gasteiger partial charge in [-0.25, -0.2) is 4.98 Å². The van der Waals surface area contributed by atoms with Crippen LogP contribution in [-0.4, -0.2) is 21.4 Å². The number of fused-ring (bicyclic) bond motifs is 1. The van der Waals surface area contributed by atoms with Crippen LogP contribution in [-0.2, 0) is 0 Å². The highest BCUT2D eigenvalue weighted by molar-refractivity contribution is 14.1. The average Bonchev–Trinajstić information content (AvgIpc) is 3.09. The summed E-state index contributed by atoms with van der Waals surface area (Å²) in [6.07, 6.45) is 1.59. The van der Waals surface area contributed by atoms with E-state index in [4.69, 9.17) is 4.42 Å². The Kier molecular flexibility index (Phi) is 4.57. The Balaban J connectivity index is 1.73. The molecule has 134 valence electrons. The number of hydrogen-bond donors (Lipinski definition) is 2. The molecule has 0 atom stereocenters. The van der Waals surface area contributed by atoms with E-state index >= 15 is 0 Å². The SMILES string of the molecule is Cc1cccc2oc(-c3cc(N=Cc4cc(I)ccc4O)ccc3O)nc12. The molecule has 2 N–H and O–H groups in total. The summed E-state index contributed by atoms with van der Waals surface area (Å²) in [5.74, 6) is 0.564. The minimum Gasteiger partial charge on any atom is -0.507 e. The fourth-order valence-electron chi connectivity index (χ4n) is 2.75. The highest BCUT2D eigenvalue weighted by atomic mass is 127. The third-order valence-electron chi connectivity index (χ3n) is 4.17. The van der Waals surface area contributed by atoms with E-state index in [0.29, 0.717) is 28.3 Å². The lowest BCUT2D eigenvalue weighted by atomic mass is 10.1. The van der Waals surface area contributed by atoms with Crippen molar-refractivity contribution in [3.05, 3.63) is 69.3 Å². The molecule has 6 heteroatoms. The molecule has 0 aliphatic heterocycles. The van der Waals surface area contributed by atoms with Gasteiger partial charge in [0.15, 0.2) is 5.58 Å². The number of phenolic OH excluding ortho intramolecular Hbond substituents is 2. The molecule has 4 rings (SSSR count). The summed E-state index contributed by atoms with van der Waals surface area (Å²) in [5, 5.41) is 20.2. The number of aromatic hydroxyl groups is 2. The average molecular weight is 470 g/mol. The maximum absolute atomic E-state index is 10.3. The van der Waals surface area contributed by atoms with Gasteiger partial charge in [-0.05, 0) is 77.5 Å². The first-order chi connectivity index (χ1) is 13.0. The Morgan fingerprint density at radius 1 is 1.04 bits per heavy atom. The van der Waals surface area contributed by atoms with Gasteiger partial charge in [0.1, 0.15) is 17.0 Å². The molecule has 5 nitrogen and oxygen atoms in total. The van der Waals surface area contributed by atoms with Crippen molar-refractivity contribution in [3.63, 3.8) is 0 Å². The maximum atomic E-state index is 10.3. The van der Waals surface area contributed by atoms with Gasteiger partial charge in [0, 0.05) is 15.3 Å². The van der Waals surface area contributed by atoms with Crippen molar-refractivity contribution in [3.8, 4) is 23.0 Å². The van der Waals surface area contributed by atoms with E-state index in [1.54, 1.807) is 30.5 Å². The number of rotatable bonds is 3. The Labute approximate surface area is 169 Å². The van der Waals surface area contributed by atoms with Gasteiger partial charge in [0.25, 0.3) is 0 Å². The molecule has 0 aliphatic rings. The Bertz CT molecular complexity index is 1180. The Morgan fingerprint density at radius 3 is 2.67 bits per heavy atom. The predicted octanol–water partition coefficient (Wildman–Crippen LogP) is 5.57. The van der Waals surface area contributed by atoms with Crippen LogP contribution in [0.5, 0.6) is 11.5 Å². The first kappa shape index (κ1) is 17.5. The zero-order chi connectivity index (χ0) is 19.0. The van der Waals surface area contributed by atoms with Crippen LogP contribution in [0.4, 0.5) is 5.69 Å². The monoisotopic (exact) mass is 470 g/mol. The van der Waals surface area contributed by atoms with Gasteiger partial charge in [0.2, 0.25) is 5.89 Å². The standard InChI is InChI=1S/C21H15IN2O3/c1-12-3-2-4-19-20(12)24-21(27-19)16-10-15(6-8-18(16)26)23-11-13-9-14(22)5-7-17(13)25/h2-11,25-26H,1H3. The molecule has 0 saturated carbocycles. The molecule has 0 unspecified atom stereocenters. The summed E-state index contributed by atoms with van der Waals surface area (Å²) < 4.78 is 6.80. The van der Waals surface area contributed by atoms with E-state index < -0.39 is 0 Å². The van der Waals surface area contributed by atoms with Crippen LogP contribution < -0.4 is 0 Å². The quantitative estimate of drug-likeness (QED) is 0.303. The van der Waals surface area contributed by atoms with E-state index in [1.165, 1.54) is 0 Å². The fraction of sp³-hybridized carbons (Fsp3) is 0.0476. The van der Waals surface area contributed by atoms with Gasteiger partial charge in [-0.2, -0.15) is 0 Å². The molecular formula is C21H15IN2O3. The number of aromatic nitrogens is 1. The summed E-state index contributed by atoms with van der Waals surface area (Å²) in [6, 6.07) is 15.9. The van der Waals surface area contributed by atoms with Crippen LogP contribution in [0, 0.1) is 10.5 Å². The summed E-state index contributed by atoms with van der Waals surface area (Å²) in [5.41, 5.74) is 4.14. The topological polar surface area (TPSA) is 78.9 Å². The first-order valence-corrected chi connectivity index (χ1v) is 9.31. The molecule has 1 heterocycles. The number of aryl methyl sites for hydroxylation is 1. The van der Waals surface area contributed by atoms with Crippen LogP contribution in [0.15, 0.2) is 64.0 Å². The van der Waals surface area contributed by atoms with E-state index in [0.717, 1.165) is 14.7 Å². The van der Waals surface area contributed by atoms with Crippen molar-refractivity contribution in [2.75, 3.05) is 0 Å². The fourth-order valence-corrected chi connectivity index (χ4v) is 3.27. The van der Waals surface area contributed by atoms with Crippen LogP contribution in [0.25, 0.3) is 22.6 Å². The molecule has 0 fully saturated rings.